The number of rotatable bonds is 6. The van der Waals surface area contributed by atoms with E-state index in [1.807, 2.05) is 17.5 Å². The summed E-state index contributed by atoms with van der Waals surface area (Å²) in [6.07, 6.45) is 7.33. The second-order valence-electron chi connectivity index (χ2n) is 5.58. The average molecular weight is 378 g/mol. The van der Waals surface area contributed by atoms with Crippen molar-refractivity contribution in [1.29, 1.82) is 0 Å². The van der Waals surface area contributed by atoms with Crippen molar-refractivity contribution in [3.05, 3.63) is 60.3 Å². The molecular weight excluding hydrogens is 364 g/mol. The maximum Gasteiger partial charge on any atom is 0.227 e. The highest BCUT2D eigenvalue weighted by atomic mass is 32.1. The fourth-order valence-corrected chi connectivity index (χ4v) is 3.09. The molecule has 9 heteroatoms. The fraction of sp³-hybridized carbons (Fsp3) is 0.111. The molecule has 1 N–H and O–H groups in total. The number of thiazole rings is 1. The predicted molar refractivity (Wildman–Crippen MR) is 99.8 cm³/mol. The zero-order valence-electron chi connectivity index (χ0n) is 14.1. The molecule has 0 saturated carbocycles. The third-order valence-corrected chi connectivity index (χ3v) is 4.44. The Hall–Kier alpha value is -3.46. The largest absolute Gasteiger partial charge is 0.339 e. The predicted octanol–water partition coefficient (Wildman–Crippen LogP) is 3.22. The van der Waals surface area contributed by atoms with Crippen LogP contribution in [0.4, 0.5) is 5.13 Å². The average Bonchev–Trinajstić information content (AvgIpc) is 3.37. The zero-order chi connectivity index (χ0) is 18.5. The minimum atomic E-state index is -0.161. The number of anilines is 1. The number of carbonyl (C=O) groups excluding carboxylic acids is 1. The van der Waals surface area contributed by atoms with Gasteiger partial charge in [0.1, 0.15) is 0 Å². The molecule has 1 amide bonds. The highest BCUT2D eigenvalue weighted by molar-refractivity contribution is 7.14. The first-order valence-electron chi connectivity index (χ1n) is 8.17. The minimum Gasteiger partial charge on any atom is -0.339 e. The highest BCUT2D eigenvalue weighted by Gasteiger charge is 2.12. The van der Waals surface area contributed by atoms with Crippen LogP contribution in [-0.4, -0.2) is 31.0 Å². The first-order chi connectivity index (χ1) is 13.3. The molecule has 0 radical (unpaired) electrons. The summed E-state index contributed by atoms with van der Waals surface area (Å²) in [7, 11) is 0. The van der Waals surface area contributed by atoms with Gasteiger partial charge >= 0.3 is 0 Å². The van der Waals surface area contributed by atoms with Crippen molar-refractivity contribution < 1.29 is 9.32 Å². The van der Waals surface area contributed by atoms with Gasteiger partial charge in [0.15, 0.2) is 5.13 Å². The third kappa shape index (κ3) is 4.21. The first kappa shape index (κ1) is 17.0. The SMILES string of the molecule is O=C(CCc1nc(-c2ccncc2)no1)Nc1nc(-c2cccnc2)cs1. The van der Waals surface area contributed by atoms with Crippen molar-refractivity contribution >= 4 is 22.4 Å². The Bertz CT molecular complexity index is 1030. The maximum atomic E-state index is 12.2. The molecule has 4 heterocycles. The smallest absolute Gasteiger partial charge is 0.227 e. The van der Waals surface area contributed by atoms with Crippen molar-refractivity contribution in [3.8, 4) is 22.6 Å². The van der Waals surface area contributed by atoms with Crippen LogP contribution in [0.25, 0.3) is 22.6 Å². The van der Waals surface area contributed by atoms with Crippen molar-refractivity contribution in [2.24, 2.45) is 0 Å². The minimum absolute atomic E-state index is 0.161. The molecule has 8 nitrogen and oxygen atoms in total. The van der Waals surface area contributed by atoms with Gasteiger partial charge in [-0.15, -0.1) is 11.3 Å². The molecule has 27 heavy (non-hydrogen) atoms. The van der Waals surface area contributed by atoms with Crippen LogP contribution in [0.1, 0.15) is 12.3 Å². The van der Waals surface area contributed by atoms with E-state index >= 15 is 0 Å². The molecule has 0 atom stereocenters. The van der Waals surface area contributed by atoms with E-state index in [0.717, 1.165) is 16.8 Å². The molecule has 0 spiro atoms. The number of hydrogen-bond donors (Lipinski definition) is 1. The van der Waals surface area contributed by atoms with Gasteiger partial charge in [0.25, 0.3) is 0 Å². The number of hydrogen-bond acceptors (Lipinski definition) is 8. The van der Waals surface area contributed by atoms with E-state index in [-0.39, 0.29) is 12.3 Å². The molecule has 0 aliphatic rings. The number of amides is 1. The van der Waals surface area contributed by atoms with Gasteiger partial charge < -0.3 is 9.84 Å². The highest BCUT2D eigenvalue weighted by Crippen LogP contribution is 2.24. The lowest BCUT2D eigenvalue weighted by molar-refractivity contribution is -0.116. The fourth-order valence-electron chi connectivity index (χ4n) is 2.35. The summed E-state index contributed by atoms with van der Waals surface area (Å²) in [4.78, 5) is 28.9. The monoisotopic (exact) mass is 378 g/mol. The summed E-state index contributed by atoms with van der Waals surface area (Å²) in [6, 6.07) is 7.36. The lowest BCUT2D eigenvalue weighted by Gasteiger charge is -1.99. The van der Waals surface area contributed by atoms with Crippen molar-refractivity contribution in [3.63, 3.8) is 0 Å². The number of pyridine rings is 2. The van der Waals surface area contributed by atoms with E-state index in [9.17, 15) is 4.79 Å². The van der Waals surface area contributed by atoms with E-state index in [2.05, 4.69) is 30.4 Å². The number of aryl methyl sites for hydroxylation is 1. The van der Waals surface area contributed by atoms with Crippen LogP contribution in [0.3, 0.4) is 0 Å². The standard InChI is InChI=1S/C18H14N6O2S/c25-15(22-18-21-14(11-27-18)13-2-1-7-20-10-13)3-4-16-23-17(24-26-16)12-5-8-19-9-6-12/h1-2,5-11H,3-4H2,(H,21,22,25). The van der Waals surface area contributed by atoms with Crippen molar-refractivity contribution in [2.75, 3.05) is 5.32 Å². The van der Waals surface area contributed by atoms with Crippen molar-refractivity contribution in [2.45, 2.75) is 12.8 Å². The summed E-state index contributed by atoms with van der Waals surface area (Å²) in [6.45, 7) is 0. The Morgan fingerprint density at radius 3 is 2.78 bits per heavy atom. The zero-order valence-corrected chi connectivity index (χ0v) is 14.9. The molecule has 4 aromatic heterocycles. The third-order valence-electron chi connectivity index (χ3n) is 3.68. The molecule has 4 rings (SSSR count). The Kier molecular flexibility index (Phi) is 4.93. The summed E-state index contributed by atoms with van der Waals surface area (Å²) in [5.74, 6) is 0.728. The Morgan fingerprint density at radius 1 is 1.07 bits per heavy atom. The normalized spacial score (nSPS) is 10.7. The summed E-state index contributed by atoms with van der Waals surface area (Å²) in [5, 5.41) is 9.14. The number of nitrogens with one attached hydrogen (secondary N) is 1. The summed E-state index contributed by atoms with van der Waals surface area (Å²) in [5.41, 5.74) is 2.50. The number of nitrogens with zero attached hydrogens (tertiary/aromatic N) is 5. The lowest BCUT2D eigenvalue weighted by Crippen LogP contribution is -2.12. The van der Waals surface area contributed by atoms with E-state index in [1.54, 1.807) is 36.9 Å². The molecule has 0 bridgehead atoms. The van der Waals surface area contributed by atoms with E-state index in [0.29, 0.717) is 23.3 Å². The van der Waals surface area contributed by atoms with Crippen LogP contribution in [0.5, 0.6) is 0 Å². The molecule has 0 saturated heterocycles. The van der Waals surface area contributed by atoms with Gasteiger partial charge in [-0.25, -0.2) is 4.98 Å². The van der Waals surface area contributed by atoms with Crippen LogP contribution < -0.4 is 5.32 Å². The van der Waals surface area contributed by atoms with Gasteiger partial charge in [0, 0.05) is 54.1 Å². The second-order valence-corrected chi connectivity index (χ2v) is 6.43. The molecule has 0 unspecified atom stereocenters. The van der Waals surface area contributed by atoms with E-state index in [4.69, 9.17) is 4.52 Å². The number of carbonyl (C=O) groups is 1. The summed E-state index contributed by atoms with van der Waals surface area (Å²) >= 11 is 1.37. The summed E-state index contributed by atoms with van der Waals surface area (Å²) < 4.78 is 5.20. The molecular formula is C18H14N6O2S. The Labute approximate surface area is 158 Å². The lowest BCUT2D eigenvalue weighted by atomic mass is 10.2. The van der Waals surface area contributed by atoms with Gasteiger partial charge in [-0.1, -0.05) is 5.16 Å². The van der Waals surface area contributed by atoms with Crippen LogP contribution in [0, 0.1) is 0 Å². The van der Waals surface area contributed by atoms with Crippen LogP contribution in [-0.2, 0) is 11.2 Å². The molecule has 0 aromatic carbocycles. The molecule has 0 aliphatic heterocycles. The maximum absolute atomic E-state index is 12.2. The van der Waals surface area contributed by atoms with Gasteiger partial charge in [-0.05, 0) is 24.3 Å². The number of aromatic nitrogens is 5. The molecule has 0 aliphatic carbocycles. The van der Waals surface area contributed by atoms with Gasteiger partial charge in [0.05, 0.1) is 5.69 Å². The van der Waals surface area contributed by atoms with Crippen LogP contribution >= 0.6 is 11.3 Å². The van der Waals surface area contributed by atoms with E-state index in [1.165, 1.54) is 11.3 Å². The topological polar surface area (TPSA) is 107 Å². The molecule has 134 valence electrons. The van der Waals surface area contributed by atoms with Gasteiger partial charge in [-0.2, -0.15) is 4.98 Å². The van der Waals surface area contributed by atoms with E-state index < -0.39 is 0 Å². The van der Waals surface area contributed by atoms with Crippen LogP contribution in [0.15, 0.2) is 59.0 Å². The van der Waals surface area contributed by atoms with Crippen molar-refractivity contribution in [1.82, 2.24) is 25.1 Å². The second kappa shape index (κ2) is 7.83. The van der Waals surface area contributed by atoms with Gasteiger partial charge in [0.2, 0.25) is 17.6 Å². The Morgan fingerprint density at radius 2 is 1.96 bits per heavy atom. The quantitative estimate of drug-likeness (QED) is 0.549. The first-order valence-corrected chi connectivity index (χ1v) is 9.04. The Balaban J connectivity index is 1.33. The van der Waals surface area contributed by atoms with Gasteiger partial charge in [-0.3, -0.25) is 14.8 Å². The molecule has 0 fully saturated rings. The molecule has 4 aromatic rings. The van der Waals surface area contributed by atoms with Crippen LogP contribution in [0.2, 0.25) is 0 Å².